The molecule has 0 unspecified atom stereocenters. The van der Waals surface area contributed by atoms with Crippen molar-refractivity contribution in [3.05, 3.63) is 78.4 Å². The number of carbonyl (C=O) groups is 1. The summed E-state index contributed by atoms with van der Waals surface area (Å²) in [6.45, 7) is 0. The van der Waals surface area contributed by atoms with Crippen LogP contribution in [0.2, 0.25) is 0 Å². The molecule has 0 saturated heterocycles. The minimum Gasteiger partial charge on any atom is -0.495 e. The fourth-order valence-corrected chi connectivity index (χ4v) is 4.49. The van der Waals surface area contributed by atoms with Gasteiger partial charge in [-0.25, -0.2) is 22.0 Å². The van der Waals surface area contributed by atoms with Crippen LogP contribution < -0.4 is 19.9 Å². The van der Waals surface area contributed by atoms with Gasteiger partial charge in [-0.15, -0.1) is 0 Å². The van der Waals surface area contributed by atoms with Crippen LogP contribution in [-0.2, 0) is 20.0 Å². The molecule has 3 aromatic carbocycles. The number of methoxy groups -OCH3 is 1. The number of rotatable bonds is 7. The van der Waals surface area contributed by atoms with Crippen molar-refractivity contribution in [2.45, 2.75) is 9.79 Å². The Morgan fingerprint density at radius 2 is 1.48 bits per heavy atom. The lowest BCUT2D eigenvalue weighted by Gasteiger charge is -2.11. The number of nitrogens with one attached hydrogen (secondary N) is 2. The zero-order valence-electron chi connectivity index (χ0n) is 16.3. The normalized spacial score (nSPS) is 11.5. The molecular formula is C20H19N3O6S2. The number of amides is 1. The third-order valence-corrected chi connectivity index (χ3v) is 6.51. The molecule has 0 aliphatic carbocycles. The number of benzene rings is 3. The first-order valence-electron chi connectivity index (χ1n) is 8.80. The van der Waals surface area contributed by atoms with Gasteiger partial charge in [0.05, 0.1) is 12.0 Å². The van der Waals surface area contributed by atoms with Gasteiger partial charge in [-0.1, -0.05) is 18.2 Å². The predicted octanol–water partition coefficient (Wildman–Crippen LogP) is 2.40. The van der Waals surface area contributed by atoms with Crippen LogP contribution in [0.1, 0.15) is 10.4 Å². The van der Waals surface area contributed by atoms with Gasteiger partial charge in [-0.05, 0) is 54.6 Å². The summed E-state index contributed by atoms with van der Waals surface area (Å²) in [5.41, 5.74) is 0.709. The molecule has 0 fully saturated rings. The van der Waals surface area contributed by atoms with Crippen LogP contribution >= 0.6 is 0 Å². The minimum atomic E-state index is -4.06. The number of hydrogen-bond donors (Lipinski definition) is 3. The van der Waals surface area contributed by atoms with E-state index in [1.54, 1.807) is 18.2 Å². The van der Waals surface area contributed by atoms with Gasteiger partial charge < -0.3 is 10.1 Å². The molecule has 162 valence electrons. The van der Waals surface area contributed by atoms with Crippen molar-refractivity contribution in [3.63, 3.8) is 0 Å². The monoisotopic (exact) mass is 461 g/mol. The maximum atomic E-state index is 12.5. The lowest BCUT2D eigenvalue weighted by Crippen LogP contribution is -2.16. The van der Waals surface area contributed by atoms with Crippen LogP contribution in [0.5, 0.6) is 5.75 Å². The molecule has 0 radical (unpaired) electrons. The largest absolute Gasteiger partial charge is 0.495 e. The molecule has 0 bridgehead atoms. The molecule has 0 aliphatic rings. The van der Waals surface area contributed by atoms with Crippen LogP contribution in [-0.4, -0.2) is 29.9 Å². The zero-order chi connectivity index (χ0) is 22.6. The number of carbonyl (C=O) groups excluding carboxylic acids is 1. The SMILES string of the molecule is COc1ccc(NC(=O)c2ccc(NS(=O)(=O)c3ccccc3)cc2)cc1S(N)(=O)=O. The molecule has 0 heterocycles. The standard InChI is InChI=1S/C20H19N3O6S2/c1-29-18-12-11-16(13-19(18)30(21,25)26)22-20(24)14-7-9-15(10-8-14)23-31(27,28)17-5-3-2-4-6-17/h2-13,23H,1H3,(H,22,24)(H2,21,25,26). The fourth-order valence-electron chi connectivity index (χ4n) is 2.68. The summed E-state index contributed by atoms with van der Waals surface area (Å²) in [7, 11) is -6.51. The highest BCUT2D eigenvalue weighted by atomic mass is 32.2. The van der Waals surface area contributed by atoms with E-state index >= 15 is 0 Å². The smallest absolute Gasteiger partial charge is 0.261 e. The third-order valence-electron chi connectivity index (χ3n) is 4.18. The highest BCUT2D eigenvalue weighted by Crippen LogP contribution is 2.26. The molecule has 9 nitrogen and oxygen atoms in total. The van der Waals surface area contributed by atoms with Crippen LogP contribution in [0.4, 0.5) is 11.4 Å². The minimum absolute atomic E-state index is 0.0514. The summed E-state index contributed by atoms with van der Waals surface area (Å²) < 4.78 is 55.5. The van der Waals surface area contributed by atoms with Gasteiger partial charge in [0.15, 0.2) is 0 Å². The molecule has 31 heavy (non-hydrogen) atoms. The van der Waals surface area contributed by atoms with Crippen LogP contribution in [0.3, 0.4) is 0 Å². The second-order valence-corrected chi connectivity index (χ2v) is 9.57. The Balaban J connectivity index is 1.75. The van der Waals surface area contributed by atoms with E-state index in [1.807, 2.05) is 0 Å². The molecule has 1 amide bonds. The molecular weight excluding hydrogens is 442 g/mol. The van der Waals surface area contributed by atoms with Gasteiger partial charge in [-0.2, -0.15) is 0 Å². The highest BCUT2D eigenvalue weighted by Gasteiger charge is 2.17. The molecule has 0 aliphatic heterocycles. The van der Waals surface area contributed by atoms with Crippen molar-refractivity contribution in [3.8, 4) is 5.75 Å². The van der Waals surface area contributed by atoms with E-state index in [1.165, 1.54) is 61.7 Å². The van der Waals surface area contributed by atoms with Gasteiger partial charge in [0.1, 0.15) is 10.6 Å². The number of hydrogen-bond acceptors (Lipinski definition) is 6. The van der Waals surface area contributed by atoms with E-state index in [0.717, 1.165) is 0 Å². The Labute approximate surface area is 180 Å². The highest BCUT2D eigenvalue weighted by molar-refractivity contribution is 7.92. The molecule has 11 heteroatoms. The van der Waals surface area contributed by atoms with Crippen LogP contribution in [0.15, 0.2) is 82.6 Å². The predicted molar refractivity (Wildman–Crippen MR) is 116 cm³/mol. The number of anilines is 2. The lowest BCUT2D eigenvalue weighted by atomic mass is 10.2. The number of primary sulfonamides is 1. The van der Waals surface area contributed by atoms with Gasteiger partial charge in [0.25, 0.3) is 15.9 Å². The maximum Gasteiger partial charge on any atom is 0.261 e. The van der Waals surface area contributed by atoms with Crippen molar-refractivity contribution < 1.29 is 26.4 Å². The molecule has 0 saturated carbocycles. The van der Waals surface area contributed by atoms with Crippen molar-refractivity contribution >= 4 is 37.3 Å². The van der Waals surface area contributed by atoms with Gasteiger partial charge in [-0.3, -0.25) is 9.52 Å². The quantitative estimate of drug-likeness (QED) is 0.493. The summed E-state index contributed by atoms with van der Waals surface area (Å²) >= 11 is 0. The van der Waals surface area contributed by atoms with Crippen LogP contribution in [0.25, 0.3) is 0 Å². The average Bonchev–Trinajstić information content (AvgIpc) is 2.74. The van der Waals surface area contributed by atoms with Crippen molar-refractivity contribution in [2.24, 2.45) is 5.14 Å². The zero-order valence-corrected chi connectivity index (χ0v) is 17.9. The molecule has 0 aromatic heterocycles. The Bertz CT molecular complexity index is 1310. The Hall–Kier alpha value is -3.41. The molecule has 3 aromatic rings. The fraction of sp³-hybridized carbons (Fsp3) is 0.0500. The summed E-state index contributed by atoms with van der Waals surface area (Å²) in [6, 6.07) is 17.7. The Morgan fingerprint density at radius 3 is 2.06 bits per heavy atom. The lowest BCUT2D eigenvalue weighted by molar-refractivity contribution is 0.102. The Kier molecular flexibility index (Phi) is 6.29. The maximum absolute atomic E-state index is 12.5. The second-order valence-electron chi connectivity index (χ2n) is 6.36. The second kappa shape index (κ2) is 8.76. The van der Waals surface area contributed by atoms with Crippen LogP contribution in [0, 0.1) is 0 Å². The molecule has 0 spiro atoms. The molecule has 3 rings (SSSR count). The topological polar surface area (TPSA) is 145 Å². The summed E-state index contributed by atoms with van der Waals surface area (Å²) in [5.74, 6) is -0.474. The number of sulfonamides is 2. The summed E-state index contributed by atoms with van der Waals surface area (Å²) in [6.07, 6.45) is 0. The van der Waals surface area contributed by atoms with Crippen molar-refractivity contribution in [1.29, 1.82) is 0 Å². The van der Waals surface area contributed by atoms with E-state index in [-0.39, 0.29) is 32.5 Å². The van der Waals surface area contributed by atoms with Crippen molar-refractivity contribution in [2.75, 3.05) is 17.1 Å². The van der Waals surface area contributed by atoms with E-state index in [9.17, 15) is 21.6 Å². The molecule has 4 N–H and O–H groups in total. The third kappa shape index (κ3) is 5.40. The first kappa shape index (κ1) is 22.3. The van der Waals surface area contributed by atoms with Crippen molar-refractivity contribution in [1.82, 2.24) is 0 Å². The summed E-state index contributed by atoms with van der Waals surface area (Å²) in [5, 5.41) is 7.74. The van der Waals surface area contributed by atoms with Gasteiger partial charge in [0, 0.05) is 16.9 Å². The van der Waals surface area contributed by atoms with E-state index in [2.05, 4.69) is 10.0 Å². The average molecular weight is 462 g/mol. The first-order chi connectivity index (χ1) is 14.6. The van der Waals surface area contributed by atoms with E-state index in [4.69, 9.17) is 9.88 Å². The number of nitrogens with two attached hydrogens (primary N) is 1. The van der Waals surface area contributed by atoms with Gasteiger partial charge in [0.2, 0.25) is 10.0 Å². The first-order valence-corrected chi connectivity index (χ1v) is 11.8. The van der Waals surface area contributed by atoms with E-state index < -0.39 is 26.0 Å². The van der Waals surface area contributed by atoms with E-state index in [0.29, 0.717) is 0 Å². The Morgan fingerprint density at radius 1 is 0.871 bits per heavy atom. The van der Waals surface area contributed by atoms with Gasteiger partial charge >= 0.3 is 0 Å². The summed E-state index contributed by atoms with van der Waals surface area (Å²) in [4.78, 5) is 12.3. The molecule has 0 atom stereocenters. The number of ether oxygens (including phenoxy) is 1.